The minimum Gasteiger partial charge on any atom is -0.294 e. The predicted molar refractivity (Wildman–Crippen MR) is 27.0 cm³/mol. The maximum atomic E-state index is 10.3. The van der Waals surface area contributed by atoms with Crippen LogP contribution in [0.15, 0.2) is 11.3 Å². The van der Waals surface area contributed by atoms with Gasteiger partial charge in [0.15, 0.2) is 11.7 Å². The van der Waals surface area contributed by atoms with Crippen LogP contribution in [-0.2, 0) is 9.59 Å². The molecule has 1 saturated carbocycles. The summed E-state index contributed by atoms with van der Waals surface area (Å²) in [6.45, 7) is 0. The lowest BCUT2D eigenvalue weighted by Gasteiger charge is -2.09. The summed E-state index contributed by atoms with van der Waals surface area (Å²) in [5, 5.41) is 0. The number of hydrogen-bond donors (Lipinski definition) is 0. The molecule has 0 aromatic carbocycles. The first-order valence-corrected chi connectivity index (χ1v) is 2.37. The number of rotatable bonds is 0. The molecule has 8 heavy (non-hydrogen) atoms. The van der Waals surface area contributed by atoms with Gasteiger partial charge in [-0.1, -0.05) is 0 Å². The van der Waals surface area contributed by atoms with Gasteiger partial charge in [0, 0.05) is 12.0 Å². The molecule has 0 saturated heterocycles. The Labute approximate surface area is 46.5 Å². The molecule has 0 radical (unpaired) electrons. The highest BCUT2D eigenvalue weighted by molar-refractivity contribution is 6.01. The molecule has 2 nitrogen and oxygen atoms in total. The van der Waals surface area contributed by atoms with Gasteiger partial charge in [-0.2, -0.15) is 0 Å². The number of carbonyl (C=O) groups excluding carboxylic acids is 2. The third kappa shape index (κ3) is 0.627. The maximum Gasteiger partial charge on any atom is 0.177 e. The molecule has 0 N–H and O–H groups in total. The van der Waals surface area contributed by atoms with Gasteiger partial charge >= 0.3 is 0 Å². The van der Waals surface area contributed by atoms with E-state index in [4.69, 9.17) is 0 Å². The molecular weight excluding hydrogens is 104 g/mol. The van der Waals surface area contributed by atoms with Gasteiger partial charge in [-0.25, -0.2) is 4.79 Å². The van der Waals surface area contributed by atoms with E-state index < -0.39 is 0 Å². The summed E-state index contributed by atoms with van der Waals surface area (Å²) in [4.78, 5) is 19.9. The van der Waals surface area contributed by atoms with Gasteiger partial charge in [-0.05, 0) is 12.2 Å². The summed E-state index contributed by atoms with van der Waals surface area (Å²) in [6, 6.07) is 0. The minimum absolute atomic E-state index is 0.0355. The summed E-state index contributed by atoms with van der Waals surface area (Å²) in [5.74, 6) is 1.48. The second-order valence-corrected chi connectivity index (χ2v) is 1.63. The van der Waals surface area contributed by atoms with E-state index in [9.17, 15) is 9.59 Å². The third-order valence-electron chi connectivity index (χ3n) is 1.14. The van der Waals surface area contributed by atoms with E-state index >= 15 is 0 Å². The summed E-state index contributed by atoms with van der Waals surface area (Å²) in [6.07, 6.45) is 1.28. The summed E-state index contributed by atoms with van der Waals surface area (Å²) >= 11 is 0. The molecule has 1 fully saturated rings. The Balaban J connectivity index is 2.91. The monoisotopic (exact) mass is 108 g/mol. The quantitative estimate of drug-likeness (QED) is 0.253. The standard InChI is InChI=1S/C6H4O2/c7-4-3-5-1-2-6(5)8/h1-2H2. The topological polar surface area (TPSA) is 34.1 Å². The van der Waals surface area contributed by atoms with Crippen molar-refractivity contribution in [2.45, 2.75) is 12.8 Å². The lowest BCUT2D eigenvalue weighted by atomic mass is 9.92. The highest BCUT2D eigenvalue weighted by atomic mass is 16.1. The molecule has 0 bridgehead atoms. The van der Waals surface area contributed by atoms with Gasteiger partial charge in [0.2, 0.25) is 0 Å². The highest BCUT2D eigenvalue weighted by Gasteiger charge is 2.19. The van der Waals surface area contributed by atoms with Crippen LogP contribution in [0.2, 0.25) is 0 Å². The molecule has 0 aromatic heterocycles. The van der Waals surface area contributed by atoms with E-state index in [0.717, 1.165) is 0 Å². The Morgan fingerprint density at radius 1 is 1.38 bits per heavy atom. The number of hydrogen-bond acceptors (Lipinski definition) is 2. The number of allylic oxidation sites excluding steroid dienone is 1. The maximum absolute atomic E-state index is 10.3. The highest BCUT2D eigenvalue weighted by Crippen LogP contribution is 2.18. The van der Waals surface area contributed by atoms with Crippen LogP contribution in [0.5, 0.6) is 0 Å². The molecule has 2 heteroatoms. The minimum atomic E-state index is 0.0355. The first-order chi connectivity index (χ1) is 3.84. The average molecular weight is 108 g/mol. The molecule has 0 heterocycles. The van der Waals surface area contributed by atoms with Crippen molar-refractivity contribution in [3.8, 4) is 0 Å². The van der Waals surface area contributed by atoms with Crippen LogP contribution >= 0.6 is 0 Å². The summed E-state index contributed by atoms with van der Waals surface area (Å²) in [5.41, 5.74) is 2.69. The Hall–Kier alpha value is -1.10. The molecule has 40 valence electrons. The van der Waals surface area contributed by atoms with E-state index in [1.165, 1.54) is 5.94 Å². The van der Waals surface area contributed by atoms with E-state index in [-0.39, 0.29) is 5.78 Å². The van der Waals surface area contributed by atoms with Crippen LogP contribution in [-0.4, -0.2) is 11.7 Å². The average Bonchev–Trinajstić information content (AvgIpc) is 1.79. The first kappa shape index (κ1) is 5.04. The van der Waals surface area contributed by atoms with E-state index in [1.807, 2.05) is 0 Å². The predicted octanol–water partition coefficient (Wildman–Crippen LogP) is 0.262. The van der Waals surface area contributed by atoms with Crippen molar-refractivity contribution in [1.29, 1.82) is 0 Å². The van der Waals surface area contributed by atoms with Crippen molar-refractivity contribution < 1.29 is 9.59 Å². The van der Waals surface area contributed by atoms with Crippen molar-refractivity contribution in [3.05, 3.63) is 11.3 Å². The van der Waals surface area contributed by atoms with Crippen LogP contribution in [0.4, 0.5) is 0 Å². The Bertz CT molecular complexity index is 203. The van der Waals surface area contributed by atoms with Crippen LogP contribution in [0, 0.1) is 0 Å². The van der Waals surface area contributed by atoms with E-state index in [1.54, 1.807) is 0 Å². The fourth-order valence-electron chi connectivity index (χ4n) is 0.546. The van der Waals surface area contributed by atoms with E-state index in [2.05, 4.69) is 5.73 Å². The number of ketones is 1. The van der Waals surface area contributed by atoms with E-state index in [0.29, 0.717) is 18.4 Å². The second-order valence-electron chi connectivity index (χ2n) is 1.63. The zero-order chi connectivity index (χ0) is 5.98. The van der Waals surface area contributed by atoms with Gasteiger partial charge in [0.25, 0.3) is 0 Å². The Kier molecular flexibility index (Phi) is 1.13. The van der Waals surface area contributed by atoms with Crippen molar-refractivity contribution in [3.63, 3.8) is 0 Å². The molecule has 0 spiro atoms. The molecule has 1 rings (SSSR count). The fourth-order valence-corrected chi connectivity index (χ4v) is 0.546. The van der Waals surface area contributed by atoms with Crippen molar-refractivity contribution in [2.75, 3.05) is 0 Å². The smallest absolute Gasteiger partial charge is 0.177 e. The SMILES string of the molecule is O=C=C=C1CCC1=O. The normalized spacial score (nSPS) is 16.5. The molecule has 1 aliphatic rings. The van der Waals surface area contributed by atoms with Gasteiger partial charge in [-0.15, -0.1) is 0 Å². The molecule has 0 aromatic rings. The largest absolute Gasteiger partial charge is 0.294 e. The van der Waals surface area contributed by atoms with Crippen LogP contribution in [0.1, 0.15) is 12.8 Å². The molecule has 0 unspecified atom stereocenters. The van der Waals surface area contributed by atoms with Gasteiger partial charge < -0.3 is 0 Å². The zero-order valence-corrected chi connectivity index (χ0v) is 4.23. The summed E-state index contributed by atoms with van der Waals surface area (Å²) in [7, 11) is 0. The van der Waals surface area contributed by atoms with Crippen LogP contribution in [0.25, 0.3) is 0 Å². The third-order valence-corrected chi connectivity index (χ3v) is 1.14. The summed E-state index contributed by atoms with van der Waals surface area (Å²) < 4.78 is 0. The lowest BCUT2D eigenvalue weighted by molar-refractivity contribution is -0.118. The van der Waals surface area contributed by atoms with Crippen LogP contribution in [0.3, 0.4) is 0 Å². The van der Waals surface area contributed by atoms with Crippen LogP contribution < -0.4 is 0 Å². The Morgan fingerprint density at radius 2 is 2.12 bits per heavy atom. The number of carbonyl (C=O) groups is 1. The Morgan fingerprint density at radius 3 is 2.25 bits per heavy atom. The molecule has 0 aliphatic heterocycles. The second kappa shape index (κ2) is 1.79. The zero-order valence-electron chi connectivity index (χ0n) is 4.23. The first-order valence-electron chi connectivity index (χ1n) is 2.37. The number of Topliss-reactive ketones (excluding diaryl/α,β-unsaturated/α-hetero) is 1. The molecular formula is C6H4O2. The van der Waals surface area contributed by atoms with Crippen molar-refractivity contribution in [1.82, 2.24) is 0 Å². The van der Waals surface area contributed by atoms with Gasteiger partial charge in [0.1, 0.15) is 0 Å². The molecule has 0 amide bonds. The van der Waals surface area contributed by atoms with Crippen molar-refractivity contribution >= 4 is 11.7 Å². The lowest BCUT2D eigenvalue weighted by Crippen LogP contribution is -2.12. The van der Waals surface area contributed by atoms with Gasteiger partial charge in [-0.3, -0.25) is 4.79 Å². The van der Waals surface area contributed by atoms with Crippen molar-refractivity contribution in [2.24, 2.45) is 0 Å². The molecule has 0 atom stereocenters. The fraction of sp³-hybridized carbons (Fsp3) is 0.333. The van der Waals surface area contributed by atoms with Gasteiger partial charge in [0.05, 0.1) is 0 Å². The molecule has 1 aliphatic carbocycles.